The molecule has 8 rings (SSSR count). The van der Waals surface area contributed by atoms with E-state index in [9.17, 15) is 39.8 Å². The van der Waals surface area contributed by atoms with Gasteiger partial charge in [0.2, 0.25) is 5.78 Å². The van der Waals surface area contributed by atoms with Crippen molar-refractivity contribution < 1.29 is 63.0 Å². The van der Waals surface area contributed by atoms with Crippen molar-refractivity contribution >= 4 is 44.7 Å². The number of carbonyl (C=O) groups is 3. The van der Waals surface area contributed by atoms with E-state index in [1.54, 1.807) is 0 Å². The Hall–Kier alpha value is -4.38. The van der Waals surface area contributed by atoms with Crippen LogP contribution in [-0.2, 0) is 34.9 Å². The van der Waals surface area contributed by atoms with E-state index in [0.717, 1.165) is 6.20 Å². The second kappa shape index (κ2) is 16.0. The maximum absolute atomic E-state index is 14.1. The molecule has 1 aromatic heterocycles. The van der Waals surface area contributed by atoms with Crippen LogP contribution >= 0.6 is 21.6 Å². The molecule has 2 aliphatic carbocycles. The number of ketones is 2. The van der Waals surface area contributed by atoms with Crippen LogP contribution in [0.25, 0.3) is 0 Å². The molecule has 5 aliphatic rings. The molecule has 3 aromatic rings. The lowest BCUT2D eigenvalue weighted by atomic mass is 9.72. The highest BCUT2D eigenvalue weighted by molar-refractivity contribution is 8.76. The zero-order chi connectivity index (χ0) is 41.0. The summed E-state index contributed by atoms with van der Waals surface area (Å²) in [5, 5.41) is 50.2. The van der Waals surface area contributed by atoms with Crippen LogP contribution in [0, 0.1) is 10.1 Å². The predicted molar refractivity (Wildman–Crippen MR) is 204 cm³/mol. The third-order valence-corrected chi connectivity index (χ3v) is 13.4. The summed E-state index contributed by atoms with van der Waals surface area (Å²) in [6.07, 6.45) is -3.77. The molecule has 3 aliphatic heterocycles. The van der Waals surface area contributed by atoms with Crippen molar-refractivity contribution in [2.75, 3.05) is 39.7 Å². The smallest absolute Gasteiger partial charge is 0.287 e. The number of pyridine rings is 1. The van der Waals surface area contributed by atoms with Crippen LogP contribution in [0.4, 0.5) is 5.69 Å². The van der Waals surface area contributed by atoms with Gasteiger partial charge in [0.15, 0.2) is 24.6 Å². The van der Waals surface area contributed by atoms with Crippen LogP contribution < -0.4 is 10.1 Å². The third-order valence-electron chi connectivity index (χ3n) is 11.1. The highest BCUT2D eigenvalue weighted by atomic mass is 33.1. The second-order valence-corrected chi connectivity index (χ2v) is 16.9. The molecule has 20 heteroatoms. The first kappa shape index (κ1) is 40.4. The number of carbonyl (C=O) groups excluding carboxylic acids is 3. The van der Waals surface area contributed by atoms with Crippen LogP contribution in [0.3, 0.4) is 0 Å². The molecule has 0 spiro atoms. The van der Waals surface area contributed by atoms with Crippen molar-refractivity contribution in [3.63, 3.8) is 0 Å². The van der Waals surface area contributed by atoms with Crippen molar-refractivity contribution in [1.29, 1.82) is 0 Å². The lowest BCUT2D eigenvalue weighted by molar-refractivity contribution is -0.385. The Kier molecular flexibility index (Phi) is 11.1. The van der Waals surface area contributed by atoms with Gasteiger partial charge in [-0.2, -0.15) is 0 Å². The standard InChI is InChI=1S/C38H40N4O14S2/c1-17-34-21(41-10-11-53-36(52-3)35(41)56-34)13-25(54-17)55-23-15-38(48,37(47)39-9-12-57-58-24-8-7-18(16-40-24)42(49)50)14-20-27(23)33(46)29-28(31(20)44)30(43)19-5-4-6-22(51-2)26(19)32(29)45/h4-8,16-17,21,23,25,34-36,44,46,48H,9-15H2,1-3H3,(H,39,47)/t17-,21-,23-,25-,34+,35+,36-,38-/m0/s1. The largest absolute Gasteiger partial charge is 0.507 e. The number of amides is 1. The van der Waals surface area contributed by atoms with E-state index >= 15 is 0 Å². The molecule has 0 unspecified atom stereocenters. The summed E-state index contributed by atoms with van der Waals surface area (Å²) < 4.78 is 35.9. The maximum Gasteiger partial charge on any atom is 0.287 e. The van der Waals surface area contributed by atoms with Crippen LogP contribution in [0.15, 0.2) is 41.6 Å². The van der Waals surface area contributed by atoms with Gasteiger partial charge < -0.3 is 49.1 Å². The van der Waals surface area contributed by atoms with Gasteiger partial charge in [0.25, 0.3) is 11.6 Å². The van der Waals surface area contributed by atoms with E-state index in [4.69, 9.17) is 28.4 Å². The molecule has 4 heterocycles. The van der Waals surface area contributed by atoms with Crippen LogP contribution in [0.1, 0.15) is 68.8 Å². The minimum Gasteiger partial charge on any atom is -0.507 e. The molecule has 3 saturated heterocycles. The molecule has 1 amide bonds. The summed E-state index contributed by atoms with van der Waals surface area (Å²) in [6, 6.07) is 7.09. The first-order chi connectivity index (χ1) is 27.8. The fraction of sp³-hybridized carbons (Fsp3) is 0.474. The monoisotopic (exact) mass is 840 g/mol. The topological polar surface area (TPSA) is 239 Å². The highest BCUT2D eigenvalue weighted by Crippen LogP contribution is 2.53. The Balaban J connectivity index is 1.08. The van der Waals surface area contributed by atoms with E-state index < -0.39 is 94.5 Å². The molecule has 0 radical (unpaired) electrons. The van der Waals surface area contributed by atoms with Gasteiger partial charge in [-0.25, -0.2) is 4.98 Å². The Bertz CT molecular complexity index is 2160. The molecule has 308 valence electrons. The summed E-state index contributed by atoms with van der Waals surface area (Å²) in [5.41, 5.74) is -3.57. The molecule has 0 saturated carbocycles. The normalized spacial score (nSPS) is 28.8. The number of nitrogens with one attached hydrogen (secondary N) is 1. The Morgan fingerprint density at radius 1 is 1.12 bits per heavy atom. The average molecular weight is 841 g/mol. The number of benzene rings is 2. The van der Waals surface area contributed by atoms with Crippen molar-refractivity contribution in [2.45, 2.75) is 80.0 Å². The number of morpholine rings is 1. The Morgan fingerprint density at radius 3 is 2.64 bits per heavy atom. The molecule has 3 fully saturated rings. The summed E-state index contributed by atoms with van der Waals surface area (Å²) in [4.78, 5) is 58.6. The highest BCUT2D eigenvalue weighted by Gasteiger charge is 2.55. The Morgan fingerprint density at radius 2 is 1.91 bits per heavy atom. The number of methoxy groups -OCH3 is 2. The number of aliphatic hydroxyl groups is 1. The van der Waals surface area contributed by atoms with Crippen LogP contribution in [-0.4, -0.2) is 130 Å². The number of hydrogen-bond acceptors (Lipinski definition) is 18. The quantitative estimate of drug-likeness (QED) is 0.0558. The van der Waals surface area contributed by atoms with E-state index in [1.165, 1.54) is 66.1 Å². The number of nitro groups is 1. The minimum atomic E-state index is -2.23. The fourth-order valence-corrected chi connectivity index (χ4v) is 10.3. The summed E-state index contributed by atoms with van der Waals surface area (Å²) in [6.45, 7) is 2.88. The van der Waals surface area contributed by atoms with Crippen molar-refractivity contribution in [1.82, 2.24) is 15.2 Å². The van der Waals surface area contributed by atoms with Gasteiger partial charge in [-0.15, -0.1) is 0 Å². The van der Waals surface area contributed by atoms with Gasteiger partial charge in [-0.1, -0.05) is 22.9 Å². The van der Waals surface area contributed by atoms with Gasteiger partial charge in [0.1, 0.15) is 40.2 Å². The fourth-order valence-electron chi connectivity index (χ4n) is 8.51. The van der Waals surface area contributed by atoms with E-state index in [-0.39, 0.29) is 58.8 Å². The molecular weight excluding hydrogens is 801 g/mol. The van der Waals surface area contributed by atoms with E-state index in [0.29, 0.717) is 23.9 Å². The first-order valence-electron chi connectivity index (χ1n) is 18.5. The number of aromatic nitrogens is 1. The molecule has 58 heavy (non-hydrogen) atoms. The summed E-state index contributed by atoms with van der Waals surface area (Å²) >= 11 is 0. The number of hydrogen-bond donors (Lipinski definition) is 4. The van der Waals surface area contributed by atoms with Crippen LogP contribution in [0.2, 0.25) is 0 Å². The maximum atomic E-state index is 14.1. The number of phenols is 2. The molecule has 0 bridgehead atoms. The number of phenolic OH excluding ortho intramolecular Hbond substituents is 2. The number of ether oxygens (including phenoxy) is 6. The van der Waals surface area contributed by atoms with Gasteiger partial charge in [0, 0.05) is 74.0 Å². The molecular formula is C38H40N4O14S2. The molecule has 18 nitrogen and oxygen atoms in total. The third kappa shape index (κ3) is 6.98. The molecule has 8 atom stereocenters. The van der Waals surface area contributed by atoms with E-state index in [2.05, 4.69) is 15.2 Å². The average Bonchev–Trinajstić information content (AvgIpc) is 3.60. The van der Waals surface area contributed by atoms with Crippen LogP contribution in [0.5, 0.6) is 17.2 Å². The predicted octanol–water partition coefficient (Wildman–Crippen LogP) is 3.01. The van der Waals surface area contributed by atoms with Gasteiger partial charge in [-0.05, 0) is 29.9 Å². The van der Waals surface area contributed by atoms with E-state index in [1.807, 2.05) is 6.92 Å². The van der Waals surface area contributed by atoms with Crippen molar-refractivity contribution in [3.8, 4) is 17.2 Å². The number of fused-ring (bicyclic) bond motifs is 6. The number of rotatable bonds is 11. The van der Waals surface area contributed by atoms with Gasteiger partial charge in [-0.3, -0.25) is 29.4 Å². The second-order valence-electron chi connectivity index (χ2n) is 14.5. The minimum absolute atomic E-state index is 0.0440. The lowest BCUT2D eigenvalue weighted by Crippen LogP contribution is -2.55. The number of aromatic hydroxyl groups is 2. The zero-order valence-corrected chi connectivity index (χ0v) is 33.1. The van der Waals surface area contributed by atoms with Gasteiger partial charge in [0.05, 0.1) is 47.5 Å². The summed E-state index contributed by atoms with van der Waals surface area (Å²) in [7, 11) is 5.45. The zero-order valence-electron chi connectivity index (χ0n) is 31.4. The molecule has 2 aromatic carbocycles. The SMILES string of the molecule is COc1cccc2c1C(=O)c1c(O)c3c(c(O)c1C2=O)C[C@@](O)(C(=O)NCCSSc1ccc([N+](=O)[O-])cn1)C[C@@H]3O[C@H]1C[C@H]2[C@H](O[C@@H]3[C@@H](OC)OCCN32)[C@H](C)O1. The molecule has 4 N–H and O–H groups in total. The Labute approximate surface area is 339 Å². The van der Waals surface area contributed by atoms with Crippen molar-refractivity contribution in [3.05, 3.63) is 80.0 Å². The number of nitrogens with zero attached hydrogens (tertiary/aromatic N) is 3. The first-order valence-corrected chi connectivity index (χ1v) is 20.8. The summed E-state index contributed by atoms with van der Waals surface area (Å²) in [5.74, 6) is -3.14. The lowest BCUT2D eigenvalue weighted by Gasteiger charge is -2.43. The van der Waals surface area contributed by atoms with Gasteiger partial charge >= 0.3 is 0 Å². The van der Waals surface area contributed by atoms with Crippen molar-refractivity contribution in [2.24, 2.45) is 0 Å².